The van der Waals surface area contributed by atoms with E-state index in [0.717, 1.165) is 18.4 Å². The Hall–Kier alpha value is -1.85. The van der Waals surface area contributed by atoms with Crippen molar-refractivity contribution in [2.24, 2.45) is 5.73 Å². The highest BCUT2D eigenvalue weighted by Crippen LogP contribution is 2.21. The number of amides is 1. The van der Waals surface area contributed by atoms with Crippen molar-refractivity contribution in [1.82, 2.24) is 10.5 Å². The molecule has 1 aromatic heterocycles. The zero-order chi connectivity index (χ0) is 16.2. The molecule has 0 saturated carbocycles. The van der Waals surface area contributed by atoms with Gasteiger partial charge in [0.25, 0.3) is 5.91 Å². The van der Waals surface area contributed by atoms with Gasteiger partial charge in [0.1, 0.15) is 5.69 Å². The topological polar surface area (TPSA) is 81.1 Å². The fraction of sp³-hybridized carbons (Fsp3) is 0.412. The van der Waals surface area contributed by atoms with Gasteiger partial charge in [0.15, 0.2) is 0 Å². The molecule has 1 aromatic carbocycles. The maximum Gasteiger partial charge on any atom is 0.290 e. The molecular weight excluding hydrogens is 314 g/mol. The van der Waals surface area contributed by atoms with Crippen LogP contribution in [0.5, 0.6) is 0 Å². The molecule has 0 spiro atoms. The molecule has 1 amide bonds. The molecule has 0 aliphatic rings. The molecule has 23 heavy (non-hydrogen) atoms. The number of rotatable bonds is 6. The number of hydrogen-bond donors (Lipinski definition) is 2. The van der Waals surface area contributed by atoms with Crippen molar-refractivity contribution in [3.05, 3.63) is 41.7 Å². The van der Waals surface area contributed by atoms with Crippen molar-refractivity contribution in [2.75, 3.05) is 6.54 Å². The summed E-state index contributed by atoms with van der Waals surface area (Å²) >= 11 is 0. The molecule has 0 bridgehead atoms. The second-order valence-corrected chi connectivity index (χ2v) is 5.59. The average molecular weight is 338 g/mol. The van der Waals surface area contributed by atoms with E-state index >= 15 is 0 Å². The van der Waals surface area contributed by atoms with E-state index < -0.39 is 5.54 Å². The number of halogens is 1. The first-order valence-electron chi connectivity index (χ1n) is 7.60. The number of hydrogen-bond acceptors (Lipinski definition) is 4. The highest BCUT2D eigenvalue weighted by atomic mass is 35.5. The van der Waals surface area contributed by atoms with Gasteiger partial charge in [0, 0.05) is 18.2 Å². The number of carbonyl (C=O) groups excluding carboxylic acids is 1. The lowest BCUT2D eigenvalue weighted by molar-refractivity contribution is 0.0857. The molecule has 2 rings (SSSR count). The molecule has 2 aromatic rings. The Morgan fingerprint density at radius 2 is 1.87 bits per heavy atom. The molecular formula is C17H24ClN3O2. The first-order chi connectivity index (χ1) is 10.5. The summed E-state index contributed by atoms with van der Waals surface area (Å²) in [7, 11) is 0. The van der Waals surface area contributed by atoms with Gasteiger partial charge in [0.2, 0.25) is 5.76 Å². The minimum Gasteiger partial charge on any atom is -0.350 e. The van der Waals surface area contributed by atoms with E-state index in [0.29, 0.717) is 12.2 Å². The minimum atomic E-state index is -0.395. The number of aromatic nitrogens is 1. The second kappa shape index (κ2) is 8.13. The monoisotopic (exact) mass is 337 g/mol. The van der Waals surface area contributed by atoms with Crippen molar-refractivity contribution in [3.63, 3.8) is 0 Å². The summed E-state index contributed by atoms with van der Waals surface area (Å²) in [6.07, 6.45) is 1.54. The van der Waals surface area contributed by atoms with E-state index in [4.69, 9.17) is 10.3 Å². The maximum atomic E-state index is 12.3. The van der Waals surface area contributed by atoms with Gasteiger partial charge in [-0.2, -0.15) is 0 Å². The molecule has 0 saturated heterocycles. The first kappa shape index (κ1) is 19.2. The quantitative estimate of drug-likeness (QED) is 0.847. The molecule has 126 valence electrons. The summed E-state index contributed by atoms with van der Waals surface area (Å²) in [6.45, 7) is 6.43. The summed E-state index contributed by atoms with van der Waals surface area (Å²) in [5.41, 5.74) is 8.15. The highest BCUT2D eigenvalue weighted by molar-refractivity contribution is 5.92. The number of nitrogens with two attached hydrogens (primary N) is 1. The Morgan fingerprint density at radius 1 is 1.26 bits per heavy atom. The van der Waals surface area contributed by atoms with Gasteiger partial charge in [-0.25, -0.2) is 0 Å². The predicted octanol–water partition coefficient (Wildman–Crippen LogP) is 3.32. The van der Waals surface area contributed by atoms with Gasteiger partial charge in [-0.3, -0.25) is 4.79 Å². The van der Waals surface area contributed by atoms with Crippen LogP contribution in [0.25, 0.3) is 11.3 Å². The molecule has 0 radical (unpaired) electrons. The Labute approximate surface area is 143 Å². The minimum absolute atomic E-state index is 0. The number of carbonyl (C=O) groups is 1. The fourth-order valence-corrected chi connectivity index (χ4v) is 2.31. The summed E-state index contributed by atoms with van der Waals surface area (Å²) in [5.74, 6) is -0.0738. The molecule has 6 heteroatoms. The number of aryl methyl sites for hydroxylation is 1. The van der Waals surface area contributed by atoms with Crippen LogP contribution < -0.4 is 11.1 Å². The Bertz CT molecular complexity index is 625. The van der Waals surface area contributed by atoms with Gasteiger partial charge in [-0.1, -0.05) is 48.8 Å². The van der Waals surface area contributed by atoms with Crippen molar-refractivity contribution in [1.29, 1.82) is 0 Å². The second-order valence-electron chi connectivity index (χ2n) is 5.59. The van der Waals surface area contributed by atoms with Gasteiger partial charge in [-0.05, 0) is 19.8 Å². The third kappa shape index (κ3) is 4.33. The summed E-state index contributed by atoms with van der Waals surface area (Å²) in [5, 5.41) is 6.95. The molecule has 0 fully saturated rings. The molecule has 1 heterocycles. The maximum absolute atomic E-state index is 12.3. The van der Waals surface area contributed by atoms with Crippen molar-refractivity contribution >= 4 is 18.3 Å². The zero-order valence-electron chi connectivity index (χ0n) is 13.8. The Kier molecular flexibility index (Phi) is 6.79. The number of benzene rings is 1. The fourth-order valence-electron chi connectivity index (χ4n) is 2.31. The number of nitrogens with zero attached hydrogens (tertiary/aromatic N) is 1. The normalized spacial score (nSPS) is 11.0. The summed E-state index contributed by atoms with van der Waals surface area (Å²) < 4.78 is 5.19. The lowest BCUT2D eigenvalue weighted by Crippen LogP contribution is -2.52. The average Bonchev–Trinajstić information content (AvgIpc) is 3.03. The van der Waals surface area contributed by atoms with E-state index in [2.05, 4.69) is 10.5 Å². The van der Waals surface area contributed by atoms with Crippen LogP contribution in [0, 0.1) is 6.92 Å². The van der Waals surface area contributed by atoms with E-state index in [9.17, 15) is 4.79 Å². The molecule has 0 aliphatic heterocycles. The SMILES string of the molecule is CCC(CC)(CN)NC(=O)c1cc(-c2ccc(C)cc2)no1.Cl. The smallest absolute Gasteiger partial charge is 0.290 e. The van der Waals surface area contributed by atoms with Gasteiger partial charge in [-0.15, -0.1) is 12.4 Å². The Morgan fingerprint density at radius 3 is 2.39 bits per heavy atom. The van der Waals surface area contributed by atoms with Crippen LogP contribution in [0.2, 0.25) is 0 Å². The largest absolute Gasteiger partial charge is 0.350 e. The molecule has 0 unspecified atom stereocenters. The number of nitrogens with one attached hydrogen (secondary N) is 1. The summed E-state index contributed by atoms with van der Waals surface area (Å²) in [4.78, 5) is 12.3. The van der Waals surface area contributed by atoms with Crippen molar-refractivity contribution in [2.45, 2.75) is 39.2 Å². The lowest BCUT2D eigenvalue weighted by atomic mass is 9.93. The van der Waals surface area contributed by atoms with Crippen LogP contribution in [0.1, 0.15) is 42.8 Å². The van der Waals surface area contributed by atoms with E-state index in [1.54, 1.807) is 6.07 Å². The van der Waals surface area contributed by atoms with Crippen LogP contribution in [0.3, 0.4) is 0 Å². The van der Waals surface area contributed by atoms with E-state index in [1.807, 2.05) is 45.0 Å². The van der Waals surface area contributed by atoms with E-state index in [1.165, 1.54) is 5.56 Å². The molecule has 0 atom stereocenters. The summed E-state index contributed by atoms with van der Waals surface area (Å²) in [6, 6.07) is 9.57. The standard InChI is InChI=1S/C17H23N3O2.ClH/c1-4-17(5-2,11-18)19-16(21)15-10-14(20-22-15)13-8-6-12(3)7-9-13;/h6-10H,4-5,11,18H2,1-3H3,(H,19,21);1H. The lowest BCUT2D eigenvalue weighted by Gasteiger charge is -2.30. The van der Waals surface area contributed by atoms with E-state index in [-0.39, 0.29) is 24.1 Å². The van der Waals surface area contributed by atoms with Gasteiger partial charge >= 0.3 is 0 Å². The van der Waals surface area contributed by atoms with Crippen LogP contribution in [0.4, 0.5) is 0 Å². The molecule has 5 nitrogen and oxygen atoms in total. The van der Waals surface area contributed by atoms with Crippen LogP contribution in [-0.2, 0) is 0 Å². The van der Waals surface area contributed by atoms with Crippen LogP contribution in [0.15, 0.2) is 34.9 Å². The third-order valence-electron chi connectivity index (χ3n) is 4.20. The molecule has 0 aliphatic carbocycles. The van der Waals surface area contributed by atoms with Crippen molar-refractivity contribution < 1.29 is 9.32 Å². The van der Waals surface area contributed by atoms with Crippen LogP contribution in [-0.4, -0.2) is 23.1 Å². The van der Waals surface area contributed by atoms with Crippen LogP contribution >= 0.6 is 12.4 Å². The van der Waals surface area contributed by atoms with Crippen molar-refractivity contribution in [3.8, 4) is 11.3 Å². The van der Waals surface area contributed by atoms with Gasteiger partial charge in [0.05, 0.1) is 5.54 Å². The van der Waals surface area contributed by atoms with Gasteiger partial charge < -0.3 is 15.6 Å². The first-order valence-corrected chi connectivity index (χ1v) is 7.60. The third-order valence-corrected chi connectivity index (χ3v) is 4.20. The highest BCUT2D eigenvalue weighted by Gasteiger charge is 2.28. The molecule has 3 N–H and O–H groups in total. The zero-order valence-corrected chi connectivity index (χ0v) is 14.6. The predicted molar refractivity (Wildman–Crippen MR) is 93.8 cm³/mol. The Balaban J connectivity index is 0.00000264.